The zero-order valence-corrected chi connectivity index (χ0v) is 43.1. The molecular weight excluding hydrogens is 1140 g/mol. The van der Waals surface area contributed by atoms with Crippen molar-refractivity contribution >= 4 is 115 Å². The Morgan fingerprint density at radius 2 is 0.734 bits per heavy atom. The number of benzene rings is 9. The summed E-state index contributed by atoms with van der Waals surface area (Å²) in [6, 6.07) is 38.7. The third-order valence-corrected chi connectivity index (χ3v) is 13.3. The summed E-state index contributed by atoms with van der Waals surface area (Å²) in [4.78, 5) is 32.6. The van der Waals surface area contributed by atoms with Gasteiger partial charge in [0.05, 0.1) is 43.4 Å². The Bertz CT molecular complexity index is 3910. The summed E-state index contributed by atoms with van der Waals surface area (Å²) < 4.78 is 96.1. The second kappa shape index (κ2) is 24.3. The second-order valence-electron chi connectivity index (χ2n) is 15.9. The summed E-state index contributed by atoms with van der Waals surface area (Å²) >= 11 is 0. The van der Waals surface area contributed by atoms with E-state index in [1.165, 1.54) is 66.7 Å². The normalized spacial score (nSPS) is 11.7. The molecule has 0 aliphatic carbocycles. The molecule has 9 rings (SSSR count). The van der Waals surface area contributed by atoms with E-state index in [1.807, 2.05) is 0 Å². The summed E-state index contributed by atoms with van der Waals surface area (Å²) in [7, 11) is -13.5. The number of carbonyl (C=O) groups is 3. The summed E-state index contributed by atoms with van der Waals surface area (Å²) in [6.45, 7) is 0. The maximum Gasteiger partial charge on any atom is 3.00 e. The Labute approximate surface area is 456 Å². The fourth-order valence-electron chi connectivity index (χ4n) is 7.16. The van der Waals surface area contributed by atoms with Gasteiger partial charge in [-0.2, -0.15) is 37.3 Å². The van der Waals surface area contributed by atoms with Gasteiger partial charge < -0.3 is 40.0 Å². The summed E-state index contributed by atoms with van der Waals surface area (Å²) in [5.74, 6) is -6.26. The van der Waals surface area contributed by atoms with E-state index in [0.717, 1.165) is 24.3 Å². The number of carboxylic acids is 3. The quantitative estimate of drug-likeness (QED) is 0.0376. The average Bonchev–Trinajstić information content (AvgIpc) is 3.49. The zero-order chi connectivity index (χ0) is 56.7. The van der Waals surface area contributed by atoms with Gasteiger partial charge in [0, 0.05) is 16.2 Å². The monoisotopic (exact) mass is 1170 g/mol. The third kappa shape index (κ3) is 14.2. The molecule has 0 spiro atoms. The predicted molar refractivity (Wildman–Crippen MR) is 272 cm³/mol. The number of phenols is 2. The Hall–Kier alpha value is -9.38. The first kappa shape index (κ1) is 58.9. The van der Waals surface area contributed by atoms with E-state index in [4.69, 9.17) is 9.11 Å². The van der Waals surface area contributed by atoms with Gasteiger partial charge in [0.1, 0.15) is 32.6 Å². The molecular formula is C51H33MnN6O18S3. The Morgan fingerprint density at radius 1 is 0.418 bits per heavy atom. The molecule has 28 heteroatoms. The molecule has 0 amide bonds. The molecule has 0 atom stereocenters. The molecule has 0 aliphatic rings. The molecule has 0 aromatic heterocycles. The SMILES string of the molecule is O=C(O)c1cc2ccccc2c(N=Nc2cccc(S(=O)(=O)O)c2)c1O.O=C(O)c1cc2ccccc2c(N=Nc2cccc(S(=O)(=O)O)c2)c1O.O=C([O-])c1cc2ccccc2c(N=Nc2cccc(S(=O)(=O)[O-])c2)c1[O-].[Mn+3]. The molecule has 9 aromatic carbocycles. The molecule has 0 saturated carbocycles. The molecule has 400 valence electrons. The van der Waals surface area contributed by atoms with Crippen molar-refractivity contribution in [2.24, 2.45) is 30.7 Å². The van der Waals surface area contributed by atoms with Crippen molar-refractivity contribution in [3.8, 4) is 17.2 Å². The van der Waals surface area contributed by atoms with Crippen LogP contribution in [0.25, 0.3) is 32.3 Å². The minimum absolute atomic E-state index is 0. The summed E-state index contributed by atoms with van der Waals surface area (Å²) in [6.07, 6.45) is 0. The topological polar surface area (TPSA) is 418 Å². The molecule has 79 heavy (non-hydrogen) atoms. The second-order valence-corrected chi connectivity index (χ2v) is 20.1. The number of fused-ring (bicyclic) bond motifs is 3. The standard InChI is InChI=1S/3C17H12N2O6S.Mn/c3*20-16-14(17(21)22)8-10-4-1-2-7-13(10)15(16)19-18-11-5-3-6-12(9-11)26(23,24)25;/h3*1-9,20H,(H,21,22)(H,23,24,25);/q;;;+3/p-3. The van der Waals surface area contributed by atoms with E-state index >= 15 is 0 Å². The molecule has 0 fully saturated rings. The van der Waals surface area contributed by atoms with E-state index in [-0.39, 0.29) is 72.1 Å². The number of nitrogens with zero attached hydrogens (tertiary/aromatic N) is 6. The van der Waals surface area contributed by atoms with Crippen molar-refractivity contribution in [1.82, 2.24) is 0 Å². The zero-order valence-electron chi connectivity index (χ0n) is 39.5. The Morgan fingerprint density at radius 3 is 1.08 bits per heavy atom. The number of carbonyl (C=O) groups excluding carboxylic acids is 1. The predicted octanol–water partition coefficient (Wildman–Crippen LogP) is 9.41. The molecule has 0 unspecified atom stereocenters. The third-order valence-electron chi connectivity index (χ3n) is 10.8. The fraction of sp³-hybridized carbons (Fsp3) is 0. The average molecular weight is 1170 g/mol. The van der Waals surface area contributed by atoms with Gasteiger partial charge in [-0.3, -0.25) is 9.11 Å². The van der Waals surface area contributed by atoms with E-state index < -0.39 is 76.0 Å². The first-order valence-electron chi connectivity index (χ1n) is 21.7. The van der Waals surface area contributed by atoms with E-state index in [1.54, 1.807) is 72.8 Å². The van der Waals surface area contributed by atoms with Gasteiger partial charge in [0.15, 0.2) is 11.5 Å². The number of hydrogen-bond acceptors (Lipinski definition) is 20. The number of aromatic carboxylic acids is 3. The van der Waals surface area contributed by atoms with Crippen molar-refractivity contribution in [2.45, 2.75) is 14.7 Å². The molecule has 0 saturated heterocycles. The van der Waals surface area contributed by atoms with Crippen LogP contribution in [-0.4, -0.2) is 77.2 Å². The van der Waals surface area contributed by atoms with Gasteiger partial charge in [-0.15, -0.1) is 10.2 Å². The van der Waals surface area contributed by atoms with Crippen LogP contribution in [0.2, 0.25) is 0 Å². The Kier molecular flexibility index (Phi) is 18.1. The van der Waals surface area contributed by atoms with E-state index in [9.17, 15) is 74.8 Å². The number of carboxylic acid groups (broad SMARTS) is 3. The molecule has 0 aliphatic heterocycles. The van der Waals surface area contributed by atoms with Crippen molar-refractivity contribution in [3.63, 3.8) is 0 Å². The summed E-state index contributed by atoms with van der Waals surface area (Å²) in [5.41, 5.74) is -1.34. The maximum absolute atomic E-state index is 12.4. The van der Waals surface area contributed by atoms with Gasteiger partial charge in [-0.1, -0.05) is 96.7 Å². The van der Waals surface area contributed by atoms with E-state index in [0.29, 0.717) is 32.3 Å². The molecule has 9 aromatic rings. The number of azo groups is 3. The first-order valence-corrected chi connectivity index (χ1v) is 26.0. The van der Waals surface area contributed by atoms with Gasteiger partial charge in [-0.05, 0) is 94.5 Å². The number of hydrogen-bond donors (Lipinski definition) is 6. The van der Waals surface area contributed by atoms with Crippen molar-refractivity contribution in [3.05, 3.63) is 180 Å². The Balaban J connectivity index is 0.000000190. The van der Waals surface area contributed by atoms with Crippen LogP contribution in [0.4, 0.5) is 34.1 Å². The molecule has 0 radical (unpaired) electrons. The maximum atomic E-state index is 12.4. The minimum Gasteiger partial charge on any atom is -0.871 e. The van der Waals surface area contributed by atoms with Crippen LogP contribution in [0.1, 0.15) is 31.1 Å². The number of aromatic hydroxyl groups is 2. The van der Waals surface area contributed by atoms with Crippen LogP contribution < -0.4 is 10.2 Å². The molecule has 6 N–H and O–H groups in total. The van der Waals surface area contributed by atoms with Crippen LogP contribution in [0.5, 0.6) is 17.2 Å². The first-order chi connectivity index (χ1) is 36.8. The summed E-state index contributed by atoms with van der Waals surface area (Å²) in [5, 5.41) is 88.4. The van der Waals surface area contributed by atoms with Crippen LogP contribution in [0, 0.1) is 0 Å². The van der Waals surface area contributed by atoms with Gasteiger partial charge >= 0.3 is 29.0 Å². The molecule has 0 bridgehead atoms. The molecule has 0 heterocycles. The minimum atomic E-state index is -4.67. The fourth-order valence-corrected chi connectivity index (χ4v) is 8.71. The number of rotatable bonds is 12. The van der Waals surface area contributed by atoms with Crippen molar-refractivity contribution < 1.29 is 101 Å². The van der Waals surface area contributed by atoms with E-state index in [2.05, 4.69) is 30.7 Å². The van der Waals surface area contributed by atoms with Crippen molar-refractivity contribution in [2.75, 3.05) is 0 Å². The van der Waals surface area contributed by atoms with Crippen LogP contribution >= 0.6 is 0 Å². The van der Waals surface area contributed by atoms with Gasteiger partial charge in [0.2, 0.25) is 0 Å². The smallest absolute Gasteiger partial charge is 0.871 e. The van der Waals surface area contributed by atoms with Crippen molar-refractivity contribution in [1.29, 1.82) is 0 Å². The van der Waals surface area contributed by atoms with Crippen LogP contribution in [-0.2, 0) is 47.4 Å². The molecule has 24 nitrogen and oxygen atoms in total. The largest absolute Gasteiger partial charge is 3.00 e. The van der Waals surface area contributed by atoms with Gasteiger partial charge in [-0.25, -0.2) is 18.0 Å². The van der Waals surface area contributed by atoms with Gasteiger partial charge in [0.25, 0.3) is 20.2 Å². The van der Waals surface area contributed by atoms with Crippen LogP contribution in [0.15, 0.2) is 209 Å². The van der Waals surface area contributed by atoms with Crippen LogP contribution in [0.3, 0.4) is 0 Å².